The Kier molecular flexibility index (Phi) is 5.98. The first-order valence-electron chi connectivity index (χ1n) is 8.81. The van der Waals surface area contributed by atoms with E-state index in [2.05, 4.69) is 0 Å². The fraction of sp³-hybridized carbons (Fsp3) is 0.190. The largest absolute Gasteiger partial charge is 0.507 e. The molecule has 2 N–H and O–H groups in total. The number of hydrogen-bond acceptors (Lipinski definition) is 4. The molecule has 29 heavy (non-hydrogen) atoms. The van der Waals surface area contributed by atoms with Crippen LogP contribution in [0.5, 0.6) is 0 Å². The molecule has 0 bridgehead atoms. The van der Waals surface area contributed by atoms with Gasteiger partial charge in [0.05, 0.1) is 11.6 Å². The van der Waals surface area contributed by atoms with Gasteiger partial charge in [-0.2, -0.15) is 0 Å². The lowest BCUT2D eigenvalue weighted by Crippen LogP contribution is -2.31. The first-order valence-corrected chi connectivity index (χ1v) is 9.19. The van der Waals surface area contributed by atoms with Crippen molar-refractivity contribution in [3.63, 3.8) is 0 Å². The zero-order valence-electron chi connectivity index (χ0n) is 15.1. The van der Waals surface area contributed by atoms with Gasteiger partial charge in [-0.15, -0.1) is 0 Å². The van der Waals surface area contributed by atoms with Gasteiger partial charge in [0.1, 0.15) is 11.6 Å². The number of aliphatic hydroxyl groups is 1. The van der Waals surface area contributed by atoms with E-state index in [1.165, 1.54) is 53.4 Å². The van der Waals surface area contributed by atoms with E-state index >= 15 is 0 Å². The third-order valence-electron chi connectivity index (χ3n) is 4.63. The van der Waals surface area contributed by atoms with Crippen molar-refractivity contribution in [2.75, 3.05) is 6.54 Å². The van der Waals surface area contributed by atoms with E-state index in [9.17, 15) is 23.9 Å². The lowest BCUT2D eigenvalue weighted by Gasteiger charge is -2.25. The molecular weight excluding hydrogens is 401 g/mol. The summed E-state index contributed by atoms with van der Waals surface area (Å²) >= 11 is 5.86. The molecule has 2 aromatic rings. The smallest absolute Gasteiger partial charge is 0.303 e. The Morgan fingerprint density at radius 1 is 1.03 bits per heavy atom. The van der Waals surface area contributed by atoms with Gasteiger partial charge in [0, 0.05) is 23.6 Å². The highest BCUT2D eigenvalue weighted by Gasteiger charge is 2.45. The molecule has 1 aliphatic rings. The van der Waals surface area contributed by atoms with Crippen LogP contribution in [0.15, 0.2) is 54.1 Å². The number of aliphatic hydroxyl groups excluding tert-OH is 1. The van der Waals surface area contributed by atoms with Gasteiger partial charge in [-0.1, -0.05) is 23.7 Å². The van der Waals surface area contributed by atoms with Crippen LogP contribution in [0, 0.1) is 5.82 Å². The monoisotopic (exact) mass is 417 g/mol. The Hall–Kier alpha value is -3.19. The second-order valence-electron chi connectivity index (χ2n) is 6.55. The van der Waals surface area contributed by atoms with E-state index in [4.69, 9.17) is 16.7 Å². The summed E-state index contributed by atoms with van der Waals surface area (Å²) in [6.07, 6.45) is -0.0582. The molecule has 0 aromatic heterocycles. The highest BCUT2D eigenvalue weighted by Crippen LogP contribution is 2.39. The summed E-state index contributed by atoms with van der Waals surface area (Å²) in [5, 5.41) is 20.1. The SMILES string of the molecule is O=C(O)CCCN1C(=O)C(=O)C(=C(O)c2ccc(Cl)cc2)C1c1ccc(F)cc1. The molecule has 1 fully saturated rings. The molecule has 1 unspecified atom stereocenters. The molecule has 150 valence electrons. The summed E-state index contributed by atoms with van der Waals surface area (Å²) in [6, 6.07) is 10.4. The van der Waals surface area contributed by atoms with Crippen molar-refractivity contribution >= 4 is 35.0 Å². The topological polar surface area (TPSA) is 94.9 Å². The maximum Gasteiger partial charge on any atom is 0.303 e. The van der Waals surface area contributed by atoms with Crippen molar-refractivity contribution in [1.29, 1.82) is 0 Å². The molecule has 1 heterocycles. The number of carbonyl (C=O) groups excluding carboxylic acids is 2. The summed E-state index contributed by atoms with van der Waals surface area (Å²) in [5.41, 5.74) is 0.584. The van der Waals surface area contributed by atoms with Crippen LogP contribution in [0.4, 0.5) is 4.39 Å². The standard InChI is InChI=1S/C21H17ClFNO5/c22-14-7-3-13(4-8-14)19(27)17-18(12-5-9-15(23)10-6-12)24(21(29)20(17)28)11-1-2-16(25)26/h3-10,18,27H,1-2,11H2,(H,25,26). The first-order chi connectivity index (χ1) is 13.8. The molecule has 0 spiro atoms. The van der Waals surface area contributed by atoms with Crippen molar-refractivity contribution in [2.24, 2.45) is 0 Å². The number of Topliss-reactive ketones (excluding diaryl/α,β-unsaturated/α-hetero) is 1. The number of amides is 1. The number of carboxylic acid groups (broad SMARTS) is 1. The third-order valence-corrected chi connectivity index (χ3v) is 4.88. The van der Waals surface area contributed by atoms with Gasteiger partial charge in [0.2, 0.25) is 0 Å². The second kappa shape index (κ2) is 8.45. The van der Waals surface area contributed by atoms with Crippen LogP contribution >= 0.6 is 11.6 Å². The molecule has 0 aliphatic carbocycles. The van der Waals surface area contributed by atoms with E-state index in [1.54, 1.807) is 0 Å². The number of hydrogen-bond donors (Lipinski definition) is 2. The number of nitrogens with zero attached hydrogens (tertiary/aromatic N) is 1. The molecule has 6 nitrogen and oxygen atoms in total. The van der Waals surface area contributed by atoms with Crippen LogP contribution < -0.4 is 0 Å². The summed E-state index contributed by atoms with van der Waals surface area (Å²) in [5.74, 6) is -3.63. The molecule has 1 atom stereocenters. The van der Waals surface area contributed by atoms with Crippen LogP contribution in [-0.2, 0) is 14.4 Å². The van der Waals surface area contributed by atoms with Crippen molar-refractivity contribution in [3.05, 3.63) is 76.1 Å². The summed E-state index contributed by atoms with van der Waals surface area (Å²) < 4.78 is 13.4. The Labute approximate surface area is 170 Å². The summed E-state index contributed by atoms with van der Waals surface area (Å²) in [6.45, 7) is -0.00366. The average Bonchev–Trinajstić information content (AvgIpc) is 2.93. The number of likely N-dealkylation sites (tertiary alicyclic amines) is 1. The predicted octanol–water partition coefficient (Wildman–Crippen LogP) is 3.77. The second-order valence-corrected chi connectivity index (χ2v) is 6.98. The minimum absolute atomic E-state index is 0.00366. The van der Waals surface area contributed by atoms with Gasteiger partial charge in [0.15, 0.2) is 0 Å². The molecule has 1 aliphatic heterocycles. The van der Waals surface area contributed by atoms with Crippen molar-refractivity contribution < 1.29 is 29.0 Å². The Balaban J connectivity index is 2.08. The number of carbonyl (C=O) groups is 3. The van der Waals surface area contributed by atoms with Gasteiger partial charge in [-0.25, -0.2) is 4.39 Å². The van der Waals surface area contributed by atoms with Crippen LogP contribution in [0.1, 0.15) is 30.0 Å². The minimum atomic E-state index is -1.03. The lowest BCUT2D eigenvalue weighted by atomic mass is 9.95. The molecule has 8 heteroatoms. The average molecular weight is 418 g/mol. The van der Waals surface area contributed by atoms with Gasteiger partial charge < -0.3 is 15.1 Å². The van der Waals surface area contributed by atoms with E-state index in [-0.39, 0.29) is 30.7 Å². The fourth-order valence-electron chi connectivity index (χ4n) is 3.27. The van der Waals surface area contributed by atoms with E-state index in [0.717, 1.165) is 0 Å². The maximum absolute atomic E-state index is 13.4. The van der Waals surface area contributed by atoms with E-state index in [1.807, 2.05) is 0 Å². The van der Waals surface area contributed by atoms with Gasteiger partial charge in [-0.3, -0.25) is 14.4 Å². The van der Waals surface area contributed by atoms with Crippen LogP contribution in [-0.4, -0.2) is 39.3 Å². The molecule has 1 saturated heterocycles. The predicted molar refractivity (Wildman–Crippen MR) is 104 cm³/mol. The molecular formula is C21H17ClFNO5. The zero-order valence-corrected chi connectivity index (χ0v) is 15.9. The minimum Gasteiger partial charge on any atom is -0.507 e. The normalized spacial score (nSPS) is 18.3. The Morgan fingerprint density at radius 2 is 1.66 bits per heavy atom. The van der Waals surface area contributed by atoms with Crippen LogP contribution in [0.2, 0.25) is 5.02 Å². The summed E-state index contributed by atoms with van der Waals surface area (Å²) in [4.78, 5) is 37.4. The number of ketones is 1. The first kappa shape index (κ1) is 20.5. The Bertz CT molecular complexity index is 985. The quantitative estimate of drug-likeness (QED) is 0.424. The highest BCUT2D eigenvalue weighted by molar-refractivity contribution is 6.46. The molecule has 1 amide bonds. The number of rotatable bonds is 6. The zero-order chi connectivity index (χ0) is 21.1. The van der Waals surface area contributed by atoms with Crippen LogP contribution in [0.25, 0.3) is 5.76 Å². The third kappa shape index (κ3) is 4.30. The van der Waals surface area contributed by atoms with E-state index < -0.39 is 29.5 Å². The number of aliphatic carboxylic acids is 1. The van der Waals surface area contributed by atoms with Gasteiger partial charge in [0.25, 0.3) is 11.7 Å². The van der Waals surface area contributed by atoms with Crippen molar-refractivity contribution in [1.82, 2.24) is 4.90 Å². The van der Waals surface area contributed by atoms with Crippen molar-refractivity contribution in [3.8, 4) is 0 Å². The lowest BCUT2D eigenvalue weighted by molar-refractivity contribution is -0.140. The van der Waals surface area contributed by atoms with Gasteiger partial charge in [-0.05, 0) is 48.4 Å². The van der Waals surface area contributed by atoms with Gasteiger partial charge >= 0.3 is 5.97 Å². The molecule has 3 rings (SSSR count). The van der Waals surface area contributed by atoms with Crippen molar-refractivity contribution in [2.45, 2.75) is 18.9 Å². The molecule has 2 aromatic carbocycles. The maximum atomic E-state index is 13.4. The summed E-state index contributed by atoms with van der Waals surface area (Å²) in [7, 11) is 0. The van der Waals surface area contributed by atoms with E-state index in [0.29, 0.717) is 16.1 Å². The fourth-order valence-corrected chi connectivity index (χ4v) is 3.39. The highest BCUT2D eigenvalue weighted by atomic mass is 35.5. The molecule has 0 radical (unpaired) electrons. The number of benzene rings is 2. The molecule has 0 saturated carbocycles. The van der Waals surface area contributed by atoms with Crippen LogP contribution in [0.3, 0.4) is 0 Å². The Morgan fingerprint density at radius 3 is 2.24 bits per heavy atom. The number of halogens is 2. The number of carboxylic acids is 1.